The van der Waals surface area contributed by atoms with E-state index >= 15 is 0 Å². The summed E-state index contributed by atoms with van der Waals surface area (Å²) in [6.07, 6.45) is 11.4. The molecular formula is C14H22Cl2N2. The van der Waals surface area contributed by atoms with E-state index in [-0.39, 0.29) is 5.41 Å². The topological polar surface area (TPSA) is 17.8 Å². The van der Waals surface area contributed by atoms with E-state index < -0.39 is 0 Å². The fraction of sp³-hybridized carbons (Fsp3) is 0.786. The molecule has 1 aliphatic carbocycles. The molecule has 2 nitrogen and oxygen atoms in total. The summed E-state index contributed by atoms with van der Waals surface area (Å²) in [5.74, 6) is 2.08. The third kappa shape index (κ3) is 3.03. The summed E-state index contributed by atoms with van der Waals surface area (Å²) in [6.45, 7) is 0. The maximum absolute atomic E-state index is 6.27. The monoisotopic (exact) mass is 288 g/mol. The van der Waals surface area contributed by atoms with Crippen LogP contribution in [0.4, 0.5) is 0 Å². The van der Waals surface area contributed by atoms with Crippen LogP contribution in [0.5, 0.6) is 0 Å². The molecule has 1 aromatic rings. The second-order valence-corrected chi connectivity index (χ2v) is 6.17. The minimum atomic E-state index is 0.120. The predicted molar refractivity (Wildman–Crippen MR) is 77.4 cm³/mol. The molecule has 1 aliphatic rings. The molecule has 102 valence electrons. The minimum Gasteiger partial charge on any atom is -0.276 e. The van der Waals surface area contributed by atoms with E-state index in [1.165, 1.54) is 31.2 Å². The van der Waals surface area contributed by atoms with Crippen molar-refractivity contribution in [2.45, 2.75) is 38.5 Å². The number of aromatic nitrogens is 2. The SMILES string of the molecule is Cn1cc(CCC(CCl)(CCl)C2CCCC2)cn1. The van der Waals surface area contributed by atoms with E-state index in [4.69, 9.17) is 23.2 Å². The molecule has 1 aromatic heterocycles. The molecule has 4 heteroatoms. The fourth-order valence-electron chi connectivity index (χ4n) is 3.12. The molecule has 1 heterocycles. The van der Waals surface area contributed by atoms with Crippen molar-refractivity contribution < 1.29 is 0 Å². The lowest BCUT2D eigenvalue weighted by molar-refractivity contribution is 0.209. The van der Waals surface area contributed by atoms with Crippen molar-refractivity contribution in [2.24, 2.45) is 18.4 Å². The smallest absolute Gasteiger partial charge is 0.0521 e. The molecule has 0 aromatic carbocycles. The van der Waals surface area contributed by atoms with E-state index in [0.717, 1.165) is 12.8 Å². The summed E-state index contributed by atoms with van der Waals surface area (Å²) in [5, 5.41) is 4.22. The molecular weight excluding hydrogens is 267 g/mol. The van der Waals surface area contributed by atoms with Crippen LogP contribution in [0.2, 0.25) is 0 Å². The predicted octanol–water partition coefficient (Wildman–Crippen LogP) is 4.01. The van der Waals surface area contributed by atoms with Crippen LogP contribution < -0.4 is 0 Å². The third-order valence-electron chi connectivity index (χ3n) is 4.42. The molecule has 0 aliphatic heterocycles. The molecule has 0 radical (unpaired) electrons. The van der Waals surface area contributed by atoms with Gasteiger partial charge in [-0.2, -0.15) is 5.10 Å². The number of nitrogens with zero attached hydrogens (tertiary/aromatic N) is 2. The van der Waals surface area contributed by atoms with Gasteiger partial charge in [0.1, 0.15) is 0 Å². The van der Waals surface area contributed by atoms with Crippen LogP contribution in [0.3, 0.4) is 0 Å². The Balaban J connectivity index is 2.01. The number of halogens is 2. The van der Waals surface area contributed by atoms with Gasteiger partial charge in [-0.1, -0.05) is 12.8 Å². The Labute approximate surface area is 120 Å². The van der Waals surface area contributed by atoms with Gasteiger partial charge in [0.05, 0.1) is 6.20 Å². The number of rotatable bonds is 6. The first-order chi connectivity index (χ1) is 8.70. The first-order valence-electron chi connectivity index (χ1n) is 6.79. The van der Waals surface area contributed by atoms with E-state index in [9.17, 15) is 0 Å². The summed E-state index contributed by atoms with van der Waals surface area (Å²) in [7, 11) is 1.96. The van der Waals surface area contributed by atoms with Gasteiger partial charge < -0.3 is 0 Å². The second kappa shape index (κ2) is 6.29. The highest BCUT2D eigenvalue weighted by Gasteiger charge is 2.38. The van der Waals surface area contributed by atoms with E-state index in [2.05, 4.69) is 11.3 Å². The van der Waals surface area contributed by atoms with Gasteiger partial charge in [0, 0.05) is 30.4 Å². The lowest BCUT2D eigenvalue weighted by Crippen LogP contribution is -2.33. The van der Waals surface area contributed by atoms with Crippen LogP contribution in [0.1, 0.15) is 37.7 Å². The maximum Gasteiger partial charge on any atom is 0.0521 e. The summed E-state index contributed by atoms with van der Waals surface area (Å²) in [5.41, 5.74) is 1.41. The zero-order valence-corrected chi connectivity index (χ0v) is 12.6. The van der Waals surface area contributed by atoms with Gasteiger partial charge in [-0.05, 0) is 37.2 Å². The average molecular weight is 289 g/mol. The van der Waals surface area contributed by atoms with Crippen LogP contribution in [-0.2, 0) is 13.5 Å². The highest BCUT2D eigenvalue weighted by atomic mass is 35.5. The molecule has 1 fully saturated rings. The van der Waals surface area contributed by atoms with Crippen molar-refractivity contribution in [3.05, 3.63) is 18.0 Å². The van der Waals surface area contributed by atoms with Crippen molar-refractivity contribution in [2.75, 3.05) is 11.8 Å². The van der Waals surface area contributed by atoms with Crippen molar-refractivity contribution in [1.29, 1.82) is 0 Å². The van der Waals surface area contributed by atoms with Gasteiger partial charge in [-0.3, -0.25) is 4.68 Å². The molecule has 2 rings (SSSR count). The Morgan fingerprint density at radius 1 is 1.33 bits per heavy atom. The summed E-state index contributed by atoms with van der Waals surface area (Å²) >= 11 is 12.5. The van der Waals surface area contributed by atoms with Gasteiger partial charge >= 0.3 is 0 Å². The average Bonchev–Trinajstić information content (AvgIpc) is 3.03. The van der Waals surface area contributed by atoms with Crippen LogP contribution >= 0.6 is 23.2 Å². The van der Waals surface area contributed by atoms with E-state index in [0.29, 0.717) is 17.7 Å². The standard InChI is InChI=1S/C14H22Cl2N2/c1-18-9-12(8-17-18)6-7-14(10-15,11-16)13-4-2-3-5-13/h8-9,13H,2-7,10-11H2,1H3. The molecule has 1 saturated carbocycles. The first-order valence-corrected chi connectivity index (χ1v) is 7.86. The quantitative estimate of drug-likeness (QED) is 0.724. The highest BCUT2D eigenvalue weighted by Crippen LogP contribution is 2.44. The largest absolute Gasteiger partial charge is 0.276 e. The van der Waals surface area contributed by atoms with E-state index in [1.54, 1.807) is 0 Å². The normalized spacial score (nSPS) is 17.5. The number of hydrogen-bond acceptors (Lipinski definition) is 1. The Kier molecular flexibility index (Phi) is 4.97. The van der Waals surface area contributed by atoms with Crippen LogP contribution in [-0.4, -0.2) is 21.5 Å². The lowest BCUT2D eigenvalue weighted by atomic mass is 9.73. The Hall–Kier alpha value is -0.210. The van der Waals surface area contributed by atoms with Crippen molar-refractivity contribution in [1.82, 2.24) is 9.78 Å². The Morgan fingerprint density at radius 3 is 2.50 bits per heavy atom. The second-order valence-electron chi connectivity index (χ2n) is 5.63. The summed E-state index contributed by atoms with van der Waals surface area (Å²) in [4.78, 5) is 0. The maximum atomic E-state index is 6.27. The number of alkyl halides is 2. The van der Waals surface area contributed by atoms with Crippen LogP contribution in [0, 0.1) is 11.3 Å². The Bertz CT molecular complexity index is 366. The molecule has 0 amide bonds. The molecule has 0 atom stereocenters. The van der Waals surface area contributed by atoms with Crippen molar-refractivity contribution in [3.8, 4) is 0 Å². The highest BCUT2D eigenvalue weighted by molar-refractivity contribution is 6.21. The van der Waals surface area contributed by atoms with Gasteiger partial charge in [0.15, 0.2) is 0 Å². The Morgan fingerprint density at radius 2 is 2.00 bits per heavy atom. The third-order valence-corrected chi connectivity index (χ3v) is 5.49. The molecule has 0 spiro atoms. The van der Waals surface area contributed by atoms with E-state index in [1.807, 2.05) is 17.9 Å². The molecule has 0 N–H and O–H groups in total. The molecule has 18 heavy (non-hydrogen) atoms. The van der Waals surface area contributed by atoms with Gasteiger partial charge in [0.25, 0.3) is 0 Å². The van der Waals surface area contributed by atoms with Crippen molar-refractivity contribution >= 4 is 23.2 Å². The van der Waals surface area contributed by atoms with Gasteiger partial charge in [-0.25, -0.2) is 0 Å². The van der Waals surface area contributed by atoms with Crippen LogP contribution in [0.25, 0.3) is 0 Å². The summed E-state index contributed by atoms with van der Waals surface area (Å²) < 4.78 is 1.86. The van der Waals surface area contributed by atoms with Gasteiger partial charge in [0.2, 0.25) is 0 Å². The van der Waals surface area contributed by atoms with Crippen LogP contribution in [0.15, 0.2) is 12.4 Å². The molecule has 0 unspecified atom stereocenters. The zero-order chi connectivity index (χ0) is 13.0. The van der Waals surface area contributed by atoms with Gasteiger partial charge in [-0.15, -0.1) is 23.2 Å². The molecule has 0 bridgehead atoms. The molecule has 0 saturated heterocycles. The summed E-state index contributed by atoms with van der Waals surface area (Å²) in [6, 6.07) is 0. The minimum absolute atomic E-state index is 0.120. The lowest BCUT2D eigenvalue weighted by Gasteiger charge is -2.36. The zero-order valence-electron chi connectivity index (χ0n) is 11.0. The fourth-order valence-corrected chi connectivity index (χ4v) is 4.11. The van der Waals surface area contributed by atoms with Crippen molar-refractivity contribution in [3.63, 3.8) is 0 Å². The number of hydrogen-bond donors (Lipinski definition) is 0. The number of aryl methyl sites for hydroxylation is 2. The first kappa shape index (κ1) is 14.2.